The van der Waals surface area contributed by atoms with Gasteiger partial charge in [-0.25, -0.2) is 9.37 Å². The molecule has 1 N–H and O–H groups in total. The zero-order chi connectivity index (χ0) is 19.4. The number of thioether (sulfide) groups is 1. The molecule has 1 aromatic heterocycles. The maximum atomic E-state index is 12.9. The van der Waals surface area contributed by atoms with Gasteiger partial charge in [0.25, 0.3) is 5.56 Å². The van der Waals surface area contributed by atoms with Crippen LogP contribution >= 0.6 is 11.8 Å². The maximum Gasteiger partial charge on any atom is 0.262 e. The first-order valence-corrected chi connectivity index (χ1v) is 9.56. The Morgan fingerprint density at radius 2 is 1.93 bits per heavy atom. The lowest BCUT2D eigenvalue weighted by Crippen LogP contribution is -2.31. The summed E-state index contributed by atoms with van der Waals surface area (Å²) in [7, 11) is 0. The Morgan fingerprint density at radius 1 is 1.22 bits per heavy atom. The highest BCUT2D eigenvalue weighted by molar-refractivity contribution is 8.00. The van der Waals surface area contributed by atoms with E-state index in [1.54, 1.807) is 35.8 Å². The largest absolute Gasteiger partial charge is 0.351 e. The van der Waals surface area contributed by atoms with Crippen LogP contribution in [0, 0.1) is 5.82 Å². The summed E-state index contributed by atoms with van der Waals surface area (Å²) in [5.74, 6) is -0.483. The molecule has 0 fully saturated rings. The first kappa shape index (κ1) is 19.1. The Bertz CT molecular complexity index is 1020. The minimum atomic E-state index is -0.434. The van der Waals surface area contributed by atoms with Gasteiger partial charge in [-0.1, -0.05) is 36.0 Å². The monoisotopic (exact) mass is 385 g/mol. The van der Waals surface area contributed by atoms with Crippen LogP contribution in [0.2, 0.25) is 0 Å². The summed E-state index contributed by atoms with van der Waals surface area (Å²) in [5, 5.41) is 3.48. The van der Waals surface area contributed by atoms with E-state index < -0.39 is 5.25 Å². The minimum Gasteiger partial charge on any atom is -0.351 e. The van der Waals surface area contributed by atoms with Gasteiger partial charge in [0.1, 0.15) is 5.82 Å². The van der Waals surface area contributed by atoms with Crippen molar-refractivity contribution < 1.29 is 9.18 Å². The van der Waals surface area contributed by atoms with E-state index in [0.29, 0.717) is 29.1 Å². The van der Waals surface area contributed by atoms with E-state index in [0.717, 1.165) is 5.56 Å². The molecule has 0 bridgehead atoms. The minimum absolute atomic E-state index is 0.107. The van der Waals surface area contributed by atoms with Crippen LogP contribution in [0.5, 0.6) is 0 Å². The van der Waals surface area contributed by atoms with E-state index in [1.165, 1.54) is 23.9 Å². The Balaban J connectivity index is 1.74. The maximum absolute atomic E-state index is 12.9. The third-order valence-corrected chi connectivity index (χ3v) is 5.26. The summed E-state index contributed by atoms with van der Waals surface area (Å²) < 4.78 is 14.5. The number of hydrogen-bond donors (Lipinski definition) is 1. The molecule has 0 saturated carbocycles. The van der Waals surface area contributed by atoms with Gasteiger partial charge < -0.3 is 5.32 Å². The highest BCUT2D eigenvalue weighted by Gasteiger charge is 2.18. The summed E-state index contributed by atoms with van der Waals surface area (Å²) in [5.41, 5.74) is 1.33. The molecule has 140 valence electrons. The van der Waals surface area contributed by atoms with Gasteiger partial charge in [-0.2, -0.15) is 0 Å². The fourth-order valence-electron chi connectivity index (χ4n) is 2.66. The lowest BCUT2D eigenvalue weighted by atomic mass is 10.2. The highest BCUT2D eigenvalue weighted by Crippen LogP contribution is 2.22. The van der Waals surface area contributed by atoms with Gasteiger partial charge in [-0.15, -0.1) is 0 Å². The number of benzene rings is 2. The molecule has 1 amide bonds. The van der Waals surface area contributed by atoms with Crippen molar-refractivity contribution in [3.8, 4) is 0 Å². The molecule has 2 aromatic carbocycles. The first-order chi connectivity index (χ1) is 13.0. The number of carbonyl (C=O) groups excluding carboxylic acids is 1. The smallest absolute Gasteiger partial charge is 0.262 e. The quantitative estimate of drug-likeness (QED) is 0.522. The van der Waals surface area contributed by atoms with Crippen LogP contribution in [0.1, 0.15) is 19.4 Å². The van der Waals surface area contributed by atoms with Crippen LogP contribution < -0.4 is 10.9 Å². The van der Waals surface area contributed by atoms with Crippen molar-refractivity contribution in [3.05, 3.63) is 70.3 Å². The average molecular weight is 385 g/mol. The molecular weight excluding hydrogens is 365 g/mol. The van der Waals surface area contributed by atoms with Crippen molar-refractivity contribution in [1.29, 1.82) is 0 Å². The molecule has 0 radical (unpaired) electrons. The number of halogens is 1. The number of nitrogens with zero attached hydrogens (tertiary/aromatic N) is 2. The van der Waals surface area contributed by atoms with E-state index in [-0.39, 0.29) is 17.3 Å². The summed E-state index contributed by atoms with van der Waals surface area (Å²) in [6, 6.07) is 13.2. The fourth-order valence-corrected chi connectivity index (χ4v) is 3.66. The molecule has 5 nitrogen and oxygen atoms in total. The number of carbonyl (C=O) groups is 1. The lowest BCUT2D eigenvalue weighted by Gasteiger charge is -2.15. The molecule has 0 aliphatic rings. The molecule has 0 aliphatic carbocycles. The predicted octanol–water partition coefficient (Wildman–Crippen LogP) is 3.35. The molecule has 27 heavy (non-hydrogen) atoms. The number of rotatable bonds is 6. The van der Waals surface area contributed by atoms with E-state index in [1.807, 2.05) is 19.1 Å². The van der Waals surface area contributed by atoms with Crippen molar-refractivity contribution >= 4 is 28.6 Å². The molecule has 1 heterocycles. The van der Waals surface area contributed by atoms with E-state index in [9.17, 15) is 14.0 Å². The number of para-hydroxylation sites is 1. The predicted molar refractivity (Wildman–Crippen MR) is 105 cm³/mol. The van der Waals surface area contributed by atoms with Gasteiger partial charge in [-0.05, 0) is 43.7 Å². The van der Waals surface area contributed by atoms with Crippen LogP contribution in [-0.2, 0) is 17.9 Å². The number of amides is 1. The Hall–Kier alpha value is -2.67. The van der Waals surface area contributed by atoms with Gasteiger partial charge in [0.2, 0.25) is 5.91 Å². The Morgan fingerprint density at radius 3 is 2.63 bits per heavy atom. The molecule has 0 spiro atoms. The standard InChI is InChI=1S/C20H20FN3O2S/c1-3-24-19(26)16-6-4-5-7-17(16)23-20(24)27-13(2)18(25)22-12-14-8-10-15(21)11-9-14/h4-11,13H,3,12H2,1-2H3,(H,22,25). The molecule has 0 aliphatic heterocycles. The molecule has 1 atom stereocenters. The van der Waals surface area contributed by atoms with Crippen LogP contribution in [0.4, 0.5) is 4.39 Å². The topological polar surface area (TPSA) is 64.0 Å². The van der Waals surface area contributed by atoms with E-state index in [2.05, 4.69) is 10.3 Å². The highest BCUT2D eigenvalue weighted by atomic mass is 32.2. The van der Waals surface area contributed by atoms with Gasteiger partial charge in [0.15, 0.2) is 5.16 Å². The number of fused-ring (bicyclic) bond motifs is 1. The number of hydrogen-bond acceptors (Lipinski definition) is 4. The molecule has 3 aromatic rings. The third-order valence-electron chi connectivity index (χ3n) is 4.17. The van der Waals surface area contributed by atoms with Crippen molar-refractivity contribution in [1.82, 2.24) is 14.9 Å². The summed E-state index contributed by atoms with van der Waals surface area (Å²) in [4.78, 5) is 29.6. The summed E-state index contributed by atoms with van der Waals surface area (Å²) in [6.07, 6.45) is 0. The van der Waals surface area contributed by atoms with Gasteiger partial charge in [0.05, 0.1) is 16.2 Å². The molecule has 0 saturated heterocycles. The SMILES string of the molecule is CCn1c(SC(C)C(=O)NCc2ccc(F)cc2)nc2ccccc2c1=O. The average Bonchev–Trinajstić information content (AvgIpc) is 2.67. The van der Waals surface area contributed by atoms with Crippen molar-refractivity contribution in [2.75, 3.05) is 0 Å². The summed E-state index contributed by atoms with van der Waals surface area (Å²) >= 11 is 1.25. The molecule has 3 rings (SSSR count). The second kappa shape index (κ2) is 8.35. The van der Waals surface area contributed by atoms with E-state index in [4.69, 9.17) is 0 Å². The van der Waals surface area contributed by atoms with Crippen LogP contribution in [0.3, 0.4) is 0 Å². The van der Waals surface area contributed by atoms with Crippen LogP contribution in [0.25, 0.3) is 10.9 Å². The van der Waals surface area contributed by atoms with Crippen molar-refractivity contribution in [2.45, 2.75) is 37.3 Å². The first-order valence-electron chi connectivity index (χ1n) is 8.68. The fraction of sp³-hybridized carbons (Fsp3) is 0.250. The molecular formula is C20H20FN3O2S. The lowest BCUT2D eigenvalue weighted by molar-refractivity contribution is -0.120. The van der Waals surface area contributed by atoms with Gasteiger partial charge in [-0.3, -0.25) is 14.2 Å². The Kier molecular flexibility index (Phi) is 5.91. The second-order valence-corrected chi connectivity index (χ2v) is 7.37. The zero-order valence-corrected chi connectivity index (χ0v) is 15.9. The van der Waals surface area contributed by atoms with Crippen LogP contribution in [-0.4, -0.2) is 20.7 Å². The zero-order valence-electron chi connectivity index (χ0n) is 15.1. The summed E-state index contributed by atoms with van der Waals surface area (Å²) in [6.45, 7) is 4.44. The third kappa shape index (κ3) is 4.36. The second-order valence-electron chi connectivity index (χ2n) is 6.07. The van der Waals surface area contributed by atoms with Gasteiger partial charge in [0, 0.05) is 13.1 Å². The van der Waals surface area contributed by atoms with E-state index >= 15 is 0 Å². The number of nitrogens with one attached hydrogen (secondary N) is 1. The van der Waals surface area contributed by atoms with Gasteiger partial charge >= 0.3 is 0 Å². The molecule has 7 heteroatoms. The van der Waals surface area contributed by atoms with Crippen molar-refractivity contribution in [2.24, 2.45) is 0 Å². The molecule has 1 unspecified atom stereocenters. The van der Waals surface area contributed by atoms with Crippen LogP contribution in [0.15, 0.2) is 58.5 Å². The normalized spacial score (nSPS) is 12.1. The Labute approximate surface area is 160 Å². The number of aromatic nitrogens is 2. The van der Waals surface area contributed by atoms with Crippen molar-refractivity contribution in [3.63, 3.8) is 0 Å².